The average Bonchev–Trinajstić information content (AvgIpc) is 2.56. The van der Waals surface area contributed by atoms with Gasteiger partial charge in [0.15, 0.2) is 0 Å². The highest BCUT2D eigenvalue weighted by atomic mass is 31.2. The maximum Gasteiger partial charge on any atom is 0.330 e. The van der Waals surface area contributed by atoms with Gasteiger partial charge in [-0.2, -0.15) is 0 Å². The lowest BCUT2D eigenvalue weighted by Crippen LogP contribution is -2.31. The van der Waals surface area contributed by atoms with Crippen LogP contribution in [-0.4, -0.2) is 55.5 Å². The molecule has 1 unspecified atom stereocenters. The summed E-state index contributed by atoms with van der Waals surface area (Å²) in [6.45, 7) is 1.48. The van der Waals surface area contributed by atoms with Crippen molar-refractivity contribution in [2.75, 3.05) is 27.0 Å². The number of aliphatic hydroxyl groups excluding tert-OH is 2. The van der Waals surface area contributed by atoms with E-state index in [9.17, 15) is 9.67 Å². The van der Waals surface area contributed by atoms with E-state index in [2.05, 4.69) is 0 Å². The zero-order chi connectivity index (χ0) is 12.3. The normalized spacial score (nSPS) is 35.6. The fourth-order valence-electron chi connectivity index (χ4n) is 1.91. The highest BCUT2D eigenvalue weighted by Gasteiger charge is 2.44. The Balaban J connectivity index is 2.74. The van der Waals surface area contributed by atoms with Gasteiger partial charge in [0.2, 0.25) is 0 Å². The average molecular weight is 254 g/mol. The number of rotatable bonds is 5. The molecule has 1 saturated heterocycles. The van der Waals surface area contributed by atoms with Crippen molar-refractivity contribution in [3.05, 3.63) is 0 Å². The van der Waals surface area contributed by atoms with Gasteiger partial charge >= 0.3 is 7.60 Å². The summed E-state index contributed by atoms with van der Waals surface area (Å²) < 4.78 is 26.9. The van der Waals surface area contributed by atoms with Crippen LogP contribution < -0.4 is 0 Å². The van der Waals surface area contributed by atoms with Gasteiger partial charge < -0.3 is 24.0 Å². The predicted molar refractivity (Wildman–Crippen MR) is 57.4 cm³/mol. The Labute approximate surface area is 95.0 Å². The number of hydrogen-bond acceptors (Lipinski definition) is 6. The van der Waals surface area contributed by atoms with E-state index in [1.165, 1.54) is 14.2 Å². The minimum atomic E-state index is -3.20. The van der Waals surface area contributed by atoms with Crippen LogP contribution in [0.15, 0.2) is 0 Å². The molecule has 0 saturated carbocycles. The van der Waals surface area contributed by atoms with Crippen LogP contribution in [0.25, 0.3) is 0 Å². The molecule has 0 aromatic carbocycles. The Morgan fingerprint density at radius 1 is 1.38 bits per heavy atom. The van der Waals surface area contributed by atoms with Crippen molar-refractivity contribution in [2.24, 2.45) is 5.92 Å². The first-order valence-corrected chi connectivity index (χ1v) is 6.85. The van der Waals surface area contributed by atoms with E-state index in [4.69, 9.17) is 18.9 Å². The molecule has 0 aromatic heterocycles. The van der Waals surface area contributed by atoms with E-state index < -0.39 is 25.7 Å². The minimum Gasteiger partial charge on any atom is -0.394 e. The molecular weight excluding hydrogens is 235 g/mol. The molecule has 7 heteroatoms. The third-order valence-corrected chi connectivity index (χ3v) is 4.94. The molecule has 0 aromatic rings. The lowest BCUT2D eigenvalue weighted by atomic mass is 9.99. The van der Waals surface area contributed by atoms with E-state index in [1.807, 2.05) is 0 Å². The summed E-state index contributed by atoms with van der Waals surface area (Å²) in [4.78, 5) is 0. The second-order valence-electron chi connectivity index (χ2n) is 3.88. The number of hydrogen-bond donors (Lipinski definition) is 2. The molecule has 96 valence electrons. The van der Waals surface area contributed by atoms with Crippen LogP contribution in [0.2, 0.25) is 0 Å². The summed E-state index contributed by atoms with van der Waals surface area (Å²) >= 11 is 0. The predicted octanol–water partition coefficient (Wildman–Crippen LogP) is 0.229. The Morgan fingerprint density at radius 3 is 2.38 bits per heavy atom. The van der Waals surface area contributed by atoms with Gasteiger partial charge in [0.25, 0.3) is 0 Å². The Kier molecular flexibility index (Phi) is 4.91. The van der Waals surface area contributed by atoms with Gasteiger partial charge in [0.1, 0.15) is 0 Å². The molecule has 1 heterocycles. The second kappa shape index (κ2) is 5.58. The lowest BCUT2D eigenvalue weighted by Gasteiger charge is -2.22. The van der Waals surface area contributed by atoms with Crippen molar-refractivity contribution in [3.63, 3.8) is 0 Å². The summed E-state index contributed by atoms with van der Waals surface area (Å²) in [7, 11) is -0.605. The minimum absolute atomic E-state index is 0.0384. The fraction of sp³-hybridized carbons (Fsp3) is 1.00. The van der Waals surface area contributed by atoms with Gasteiger partial charge in [-0.3, -0.25) is 4.57 Å². The molecule has 1 aliphatic rings. The molecule has 4 atom stereocenters. The molecule has 6 nitrogen and oxygen atoms in total. The lowest BCUT2D eigenvalue weighted by molar-refractivity contribution is -0.00177. The smallest absolute Gasteiger partial charge is 0.330 e. The van der Waals surface area contributed by atoms with Crippen molar-refractivity contribution < 1.29 is 28.6 Å². The van der Waals surface area contributed by atoms with Gasteiger partial charge in [-0.25, -0.2) is 0 Å². The molecule has 1 aliphatic heterocycles. The summed E-state index contributed by atoms with van der Waals surface area (Å²) in [6, 6.07) is 0. The first-order chi connectivity index (χ1) is 7.47. The third-order valence-electron chi connectivity index (χ3n) is 2.96. The second-order valence-corrected chi connectivity index (χ2v) is 6.19. The molecule has 1 rings (SSSR count). The van der Waals surface area contributed by atoms with Crippen LogP contribution in [-0.2, 0) is 18.3 Å². The van der Waals surface area contributed by atoms with Gasteiger partial charge in [0.05, 0.1) is 31.1 Å². The topological polar surface area (TPSA) is 85.2 Å². The maximum atomic E-state index is 11.9. The first-order valence-electron chi connectivity index (χ1n) is 5.12. The molecule has 0 aliphatic carbocycles. The molecule has 0 spiro atoms. The van der Waals surface area contributed by atoms with Crippen LogP contribution in [0.4, 0.5) is 0 Å². The summed E-state index contributed by atoms with van der Waals surface area (Å²) in [5.41, 5.74) is 0. The van der Waals surface area contributed by atoms with Crippen LogP contribution in [0, 0.1) is 5.92 Å². The van der Waals surface area contributed by atoms with Gasteiger partial charge in [0, 0.05) is 20.1 Å². The molecule has 16 heavy (non-hydrogen) atoms. The zero-order valence-corrected chi connectivity index (χ0v) is 10.6. The van der Waals surface area contributed by atoms with Crippen molar-refractivity contribution in [3.8, 4) is 0 Å². The van der Waals surface area contributed by atoms with Crippen LogP contribution in [0.1, 0.15) is 6.92 Å². The molecule has 2 N–H and O–H groups in total. The molecule has 0 amide bonds. The Bertz CT molecular complexity index is 263. The largest absolute Gasteiger partial charge is 0.394 e. The van der Waals surface area contributed by atoms with E-state index in [0.29, 0.717) is 0 Å². The zero-order valence-electron chi connectivity index (χ0n) is 9.70. The monoisotopic (exact) mass is 254 g/mol. The number of aliphatic hydroxyl groups is 2. The summed E-state index contributed by atoms with van der Waals surface area (Å²) in [5.74, 6) is -0.439. The van der Waals surface area contributed by atoms with Crippen molar-refractivity contribution in [2.45, 2.75) is 25.2 Å². The Morgan fingerprint density at radius 2 is 1.94 bits per heavy atom. The van der Waals surface area contributed by atoms with Crippen LogP contribution >= 0.6 is 7.60 Å². The Hall–Kier alpha value is 0.0300. The standard InChI is InChI=1S/C9H19O6P/c1-6-9(11)7(8(4-10)15-6)5-16(12,13-2)14-3/h6-11H,4-5H2,1-3H3/t6-,7-,8+,9?/m0/s1. The van der Waals surface area contributed by atoms with E-state index in [0.717, 1.165) is 0 Å². The van der Waals surface area contributed by atoms with Crippen molar-refractivity contribution >= 4 is 7.60 Å². The molecular formula is C9H19O6P. The van der Waals surface area contributed by atoms with Gasteiger partial charge in [-0.15, -0.1) is 0 Å². The maximum absolute atomic E-state index is 11.9. The molecule has 0 bridgehead atoms. The van der Waals surface area contributed by atoms with Gasteiger partial charge in [-0.05, 0) is 6.92 Å². The van der Waals surface area contributed by atoms with Crippen molar-refractivity contribution in [1.29, 1.82) is 0 Å². The highest BCUT2D eigenvalue weighted by Crippen LogP contribution is 2.50. The fourth-order valence-corrected chi connectivity index (χ4v) is 3.33. The quantitative estimate of drug-likeness (QED) is 0.683. The van der Waals surface area contributed by atoms with E-state index in [-0.39, 0.29) is 18.9 Å². The number of ether oxygens (including phenoxy) is 1. The SMILES string of the molecule is COP(=O)(C[C@@H]1C(O)[C@H](C)O[C@@H]1CO)OC. The van der Waals surface area contributed by atoms with E-state index in [1.54, 1.807) is 6.92 Å². The van der Waals surface area contributed by atoms with Crippen LogP contribution in [0.3, 0.4) is 0 Å². The van der Waals surface area contributed by atoms with Crippen LogP contribution in [0.5, 0.6) is 0 Å². The molecule has 0 radical (unpaired) electrons. The summed E-state index contributed by atoms with van der Waals surface area (Å²) in [5, 5.41) is 19.0. The van der Waals surface area contributed by atoms with Crippen molar-refractivity contribution in [1.82, 2.24) is 0 Å². The highest BCUT2D eigenvalue weighted by molar-refractivity contribution is 7.53. The summed E-state index contributed by atoms with van der Waals surface area (Å²) in [6.07, 6.45) is -1.64. The third kappa shape index (κ3) is 2.83. The first kappa shape index (κ1) is 14.1. The van der Waals surface area contributed by atoms with Gasteiger partial charge in [-0.1, -0.05) is 0 Å². The van der Waals surface area contributed by atoms with E-state index >= 15 is 0 Å². The molecule has 1 fully saturated rings.